The Morgan fingerprint density at radius 3 is 2.59 bits per heavy atom. The zero-order valence-electron chi connectivity index (χ0n) is 15.8. The molecule has 0 saturated heterocycles. The fourth-order valence-electron chi connectivity index (χ4n) is 3.24. The van der Waals surface area contributed by atoms with E-state index in [1.54, 1.807) is 6.07 Å². The van der Waals surface area contributed by atoms with Gasteiger partial charge in [-0.1, -0.05) is 6.58 Å². The normalized spacial score (nSPS) is 18.5. The summed E-state index contributed by atoms with van der Waals surface area (Å²) >= 11 is 0. The molecule has 1 heterocycles. The Balaban J connectivity index is 1.87. The van der Waals surface area contributed by atoms with Gasteiger partial charge in [0.05, 0.1) is 23.9 Å². The van der Waals surface area contributed by atoms with Gasteiger partial charge in [-0.3, -0.25) is 4.79 Å². The molecular weight excluding hydrogens is 385 g/mol. The molecule has 1 aliphatic carbocycles. The van der Waals surface area contributed by atoms with Crippen molar-refractivity contribution < 1.29 is 27.4 Å². The van der Waals surface area contributed by atoms with Crippen LogP contribution in [0.1, 0.15) is 48.7 Å². The van der Waals surface area contributed by atoms with E-state index in [4.69, 9.17) is 9.47 Å². The maximum Gasteiger partial charge on any atom is 0.416 e. The van der Waals surface area contributed by atoms with Crippen LogP contribution in [-0.2, 0) is 11.0 Å². The fraction of sp³-hybridized carbons (Fsp3) is 0.333. The van der Waals surface area contributed by atoms with Gasteiger partial charge in [-0.05, 0) is 56.2 Å². The Kier molecular flexibility index (Phi) is 6.10. The molecule has 0 saturated carbocycles. The fourth-order valence-corrected chi connectivity index (χ4v) is 3.24. The zero-order valence-corrected chi connectivity index (χ0v) is 15.8. The molecule has 0 spiro atoms. The van der Waals surface area contributed by atoms with E-state index >= 15 is 0 Å². The minimum Gasteiger partial charge on any atom is -0.484 e. The van der Waals surface area contributed by atoms with Crippen molar-refractivity contribution in [3.05, 3.63) is 65.9 Å². The second-order valence-corrected chi connectivity index (χ2v) is 6.53. The summed E-state index contributed by atoms with van der Waals surface area (Å²) in [6.07, 6.45) is -2.56. The van der Waals surface area contributed by atoms with Gasteiger partial charge in [-0.25, -0.2) is 4.98 Å². The maximum atomic E-state index is 12.8. The van der Waals surface area contributed by atoms with Crippen molar-refractivity contribution in [1.82, 2.24) is 10.3 Å². The van der Waals surface area contributed by atoms with E-state index in [1.165, 1.54) is 18.2 Å². The lowest BCUT2D eigenvalue weighted by molar-refractivity contribution is -0.137. The molecule has 2 unspecified atom stereocenters. The summed E-state index contributed by atoms with van der Waals surface area (Å²) in [6, 6.07) is 7.83. The lowest BCUT2D eigenvalue weighted by Crippen LogP contribution is -2.32. The Labute approximate surface area is 166 Å². The summed E-state index contributed by atoms with van der Waals surface area (Å²) in [5.74, 6) is 0.436. The topological polar surface area (TPSA) is 60.5 Å². The number of rotatable bonds is 6. The Bertz CT molecular complexity index is 882. The summed E-state index contributed by atoms with van der Waals surface area (Å²) in [5, 5.41) is 2.87. The number of nitrogens with zero attached hydrogens (tertiary/aromatic N) is 1. The molecule has 8 heteroatoms. The second-order valence-electron chi connectivity index (χ2n) is 6.53. The van der Waals surface area contributed by atoms with Crippen LogP contribution in [0.3, 0.4) is 0 Å². The van der Waals surface area contributed by atoms with Gasteiger partial charge in [0.25, 0.3) is 0 Å². The number of benzene rings is 1. The minimum atomic E-state index is -4.40. The number of hydrogen-bond acceptors (Lipinski definition) is 4. The standard InChI is InChI=1S/C21H21F3N2O3/c1-3-18(27)25-16-10-11-17(20-15(16)9-12-19(26-20)28-4-2)29-14-7-5-13(6-8-14)21(22,23)24/h3,5-9,12,16-17H,1,4,10-11H2,2H3,(H,25,27). The van der Waals surface area contributed by atoms with Gasteiger partial charge in [-0.15, -0.1) is 0 Å². The predicted molar refractivity (Wildman–Crippen MR) is 101 cm³/mol. The van der Waals surface area contributed by atoms with Crippen LogP contribution in [0.15, 0.2) is 49.1 Å². The van der Waals surface area contributed by atoms with Crippen molar-refractivity contribution in [2.45, 2.75) is 38.1 Å². The smallest absolute Gasteiger partial charge is 0.416 e. The van der Waals surface area contributed by atoms with E-state index in [0.717, 1.165) is 17.7 Å². The Morgan fingerprint density at radius 1 is 1.24 bits per heavy atom. The largest absolute Gasteiger partial charge is 0.484 e. The molecule has 154 valence electrons. The van der Waals surface area contributed by atoms with Crippen molar-refractivity contribution in [3.63, 3.8) is 0 Å². The van der Waals surface area contributed by atoms with Crippen LogP contribution in [0.25, 0.3) is 0 Å². The number of amides is 1. The van der Waals surface area contributed by atoms with Crippen molar-refractivity contribution >= 4 is 5.91 Å². The third-order valence-electron chi connectivity index (χ3n) is 4.58. The summed E-state index contributed by atoms with van der Waals surface area (Å²) in [7, 11) is 0. The van der Waals surface area contributed by atoms with E-state index in [9.17, 15) is 18.0 Å². The molecule has 1 aliphatic rings. The highest BCUT2D eigenvalue weighted by Gasteiger charge is 2.32. The molecule has 1 aromatic heterocycles. The zero-order chi connectivity index (χ0) is 21.0. The number of ether oxygens (including phenoxy) is 2. The quantitative estimate of drug-likeness (QED) is 0.703. The van der Waals surface area contributed by atoms with Crippen LogP contribution in [0.2, 0.25) is 0 Å². The van der Waals surface area contributed by atoms with Crippen LogP contribution < -0.4 is 14.8 Å². The number of fused-ring (bicyclic) bond motifs is 1. The molecule has 5 nitrogen and oxygen atoms in total. The SMILES string of the molecule is C=CC(=O)NC1CCC(Oc2ccc(C(F)(F)F)cc2)c2nc(OCC)ccc21. The number of alkyl halides is 3. The molecule has 0 aliphatic heterocycles. The van der Waals surface area contributed by atoms with Gasteiger partial charge in [0.1, 0.15) is 11.9 Å². The van der Waals surface area contributed by atoms with Crippen molar-refractivity contribution in [2.24, 2.45) is 0 Å². The Morgan fingerprint density at radius 2 is 1.97 bits per heavy atom. The first kappa shape index (κ1) is 20.7. The lowest BCUT2D eigenvalue weighted by Gasteiger charge is -2.31. The van der Waals surface area contributed by atoms with Gasteiger partial charge in [-0.2, -0.15) is 13.2 Å². The molecule has 2 atom stereocenters. The molecule has 1 aromatic carbocycles. The number of pyridine rings is 1. The van der Waals surface area contributed by atoms with Crippen molar-refractivity contribution in [2.75, 3.05) is 6.61 Å². The summed E-state index contributed by atoms with van der Waals surface area (Å²) in [6.45, 7) is 5.74. The van der Waals surface area contributed by atoms with Gasteiger partial charge in [0.15, 0.2) is 0 Å². The molecule has 29 heavy (non-hydrogen) atoms. The van der Waals surface area contributed by atoms with Gasteiger partial charge >= 0.3 is 6.18 Å². The van der Waals surface area contributed by atoms with Crippen LogP contribution >= 0.6 is 0 Å². The molecule has 1 amide bonds. The van der Waals surface area contributed by atoms with Crippen LogP contribution in [0, 0.1) is 0 Å². The first-order chi connectivity index (χ1) is 13.8. The third kappa shape index (κ3) is 4.88. The second kappa shape index (κ2) is 8.55. The molecule has 0 radical (unpaired) electrons. The summed E-state index contributed by atoms with van der Waals surface area (Å²) < 4.78 is 49.7. The molecule has 1 N–H and O–H groups in total. The van der Waals surface area contributed by atoms with E-state index in [1.807, 2.05) is 13.0 Å². The van der Waals surface area contributed by atoms with Gasteiger partial charge in [0, 0.05) is 11.6 Å². The van der Waals surface area contributed by atoms with Gasteiger partial charge in [0.2, 0.25) is 11.8 Å². The first-order valence-electron chi connectivity index (χ1n) is 9.22. The number of hydrogen-bond donors (Lipinski definition) is 1. The van der Waals surface area contributed by atoms with E-state index in [0.29, 0.717) is 36.8 Å². The number of nitrogens with one attached hydrogen (secondary N) is 1. The molecule has 0 bridgehead atoms. The Hall–Kier alpha value is -3.03. The van der Waals surface area contributed by atoms with E-state index in [-0.39, 0.29) is 11.9 Å². The van der Waals surface area contributed by atoms with E-state index in [2.05, 4.69) is 16.9 Å². The number of carbonyl (C=O) groups excluding carboxylic acids is 1. The lowest BCUT2D eigenvalue weighted by atomic mass is 9.89. The number of carbonyl (C=O) groups is 1. The molecule has 2 aromatic rings. The molecule has 3 rings (SSSR count). The van der Waals surface area contributed by atoms with Gasteiger partial charge < -0.3 is 14.8 Å². The average molecular weight is 406 g/mol. The highest BCUT2D eigenvalue weighted by molar-refractivity contribution is 5.87. The third-order valence-corrected chi connectivity index (χ3v) is 4.58. The minimum absolute atomic E-state index is 0.258. The van der Waals surface area contributed by atoms with Crippen molar-refractivity contribution in [1.29, 1.82) is 0 Å². The average Bonchev–Trinajstić information content (AvgIpc) is 2.69. The van der Waals surface area contributed by atoms with Crippen LogP contribution in [0.5, 0.6) is 11.6 Å². The van der Waals surface area contributed by atoms with Crippen LogP contribution in [-0.4, -0.2) is 17.5 Å². The number of aromatic nitrogens is 1. The van der Waals surface area contributed by atoms with Crippen LogP contribution in [0.4, 0.5) is 13.2 Å². The highest BCUT2D eigenvalue weighted by Crippen LogP contribution is 2.39. The first-order valence-corrected chi connectivity index (χ1v) is 9.22. The van der Waals surface area contributed by atoms with Crippen molar-refractivity contribution in [3.8, 4) is 11.6 Å². The predicted octanol–water partition coefficient (Wildman–Crippen LogP) is 4.76. The highest BCUT2D eigenvalue weighted by atomic mass is 19.4. The molecule has 0 fully saturated rings. The van der Waals surface area contributed by atoms with E-state index < -0.39 is 17.8 Å². The number of halogens is 3. The monoisotopic (exact) mass is 406 g/mol. The summed E-state index contributed by atoms with van der Waals surface area (Å²) in [4.78, 5) is 16.3. The summed E-state index contributed by atoms with van der Waals surface area (Å²) in [5.41, 5.74) is 0.640. The maximum absolute atomic E-state index is 12.8. The molecular formula is C21H21F3N2O3.